The summed E-state index contributed by atoms with van der Waals surface area (Å²) in [4.78, 5) is 25.1. The van der Waals surface area contributed by atoms with Crippen LogP contribution in [0.15, 0.2) is 53.3 Å². The number of methoxy groups -OCH3 is 1. The molecule has 1 aromatic heterocycles. The van der Waals surface area contributed by atoms with Gasteiger partial charge in [-0.3, -0.25) is 9.59 Å². The van der Waals surface area contributed by atoms with Crippen molar-refractivity contribution < 1.29 is 13.9 Å². The molecule has 1 amide bonds. The maximum atomic E-state index is 13.3. The quantitative estimate of drug-likeness (QED) is 0.742. The van der Waals surface area contributed by atoms with Crippen LogP contribution in [0.5, 0.6) is 5.75 Å². The van der Waals surface area contributed by atoms with Gasteiger partial charge in [0.05, 0.1) is 23.9 Å². The Hall–Kier alpha value is -3.19. The first-order valence-corrected chi connectivity index (χ1v) is 8.29. The second-order valence-electron chi connectivity index (χ2n) is 5.68. The smallest absolute Gasteiger partial charge is 0.280 e. The van der Waals surface area contributed by atoms with E-state index in [4.69, 9.17) is 16.3 Å². The van der Waals surface area contributed by atoms with Gasteiger partial charge in [0, 0.05) is 5.69 Å². The molecule has 0 atom stereocenters. The van der Waals surface area contributed by atoms with E-state index >= 15 is 0 Å². The maximum absolute atomic E-state index is 13.3. The third-order valence-corrected chi connectivity index (χ3v) is 4.14. The molecular weight excluding hydrogens is 373 g/mol. The monoisotopic (exact) mass is 387 g/mol. The summed E-state index contributed by atoms with van der Waals surface area (Å²) in [5.74, 6) is -1.20. The molecule has 0 unspecified atom stereocenters. The molecule has 0 aliphatic carbocycles. The second kappa shape index (κ2) is 7.59. The molecule has 138 valence electrons. The third-order valence-electron chi connectivity index (χ3n) is 3.85. The Morgan fingerprint density at radius 2 is 1.96 bits per heavy atom. The van der Waals surface area contributed by atoms with Gasteiger partial charge in [0.15, 0.2) is 11.4 Å². The zero-order chi connectivity index (χ0) is 19.6. The molecule has 1 N–H and O–H groups in total. The Kier molecular flexibility index (Phi) is 5.23. The molecule has 0 bridgehead atoms. The number of nitrogens with zero attached hydrogens (tertiary/aromatic N) is 2. The number of ether oxygens (including phenoxy) is 1. The summed E-state index contributed by atoms with van der Waals surface area (Å²) in [6.45, 7) is 1.83. The van der Waals surface area contributed by atoms with Gasteiger partial charge in [0.1, 0.15) is 5.82 Å². The Balaban J connectivity index is 2.04. The summed E-state index contributed by atoms with van der Waals surface area (Å²) in [6.07, 6.45) is 0. The highest BCUT2D eigenvalue weighted by Gasteiger charge is 2.19. The van der Waals surface area contributed by atoms with E-state index in [1.54, 1.807) is 12.1 Å². The number of carbonyl (C=O) groups excluding carboxylic acids is 1. The minimum absolute atomic E-state index is 0.0237. The average molecular weight is 388 g/mol. The first-order valence-electron chi connectivity index (χ1n) is 7.91. The lowest BCUT2D eigenvalue weighted by Crippen LogP contribution is -2.26. The van der Waals surface area contributed by atoms with Crippen molar-refractivity contribution >= 4 is 23.2 Å². The number of rotatable bonds is 4. The van der Waals surface area contributed by atoms with Crippen molar-refractivity contribution in [2.24, 2.45) is 0 Å². The van der Waals surface area contributed by atoms with Crippen molar-refractivity contribution in [1.29, 1.82) is 0 Å². The zero-order valence-corrected chi connectivity index (χ0v) is 15.2. The number of hydrogen-bond donors (Lipinski definition) is 1. The van der Waals surface area contributed by atoms with E-state index < -0.39 is 17.3 Å². The maximum Gasteiger partial charge on any atom is 0.280 e. The summed E-state index contributed by atoms with van der Waals surface area (Å²) in [5, 5.41) is 6.61. The fourth-order valence-corrected chi connectivity index (χ4v) is 2.67. The minimum atomic E-state index is -0.628. The van der Waals surface area contributed by atoms with Gasteiger partial charge in [-0.05, 0) is 36.8 Å². The van der Waals surface area contributed by atoms with Gasteiger partial charge in [-0.2, -0.15) is 9.78 Å². The number of para-hydroxylation sites is 1. The van der Waals surface area contributed by atoms with Gasteiger partial charge in [-0.25, -0.2) is 4.39 Å². The number of amides is 1. The average Bonchev–Trinajstić information content (AvgIpc) is 2.65. The topological polar surface area (TPSA) is 73.2 Å². The number of aryl methyl sites for hydroxylation is 1. The van der Waals surface area contributed by atoms with Crippen molar-refractivity contribution in [3.8, 4) is 11.4 Å². The lowest BCUT2D eigenvalue weighted by atomic mass is 10.2. The van der Waals surface area contributed by atoms with Crippen molar-refractivity contribution in [2.45, 2.75) is 6.92 Å². The summed E-state index contributed by atoms with van der Waals surface area (Å²) >= 11 is 5.73. The van der Waals surface area contributed by atoms with Crippen LogP contribution in [0.1, 0.15) is 16.1 Å². The largest absolute Gasteiger partial charge is 0.494 e. The first kappa shape index (κ1) is 18.6. The Morgan fingerprint density at radius 3 is 2.63 bits per heavy atom. The standard InChI is InChI=1S/C19H15ClFN3O3/c1-11-5-3-4-6-15(11)24-17(25)10-16(27-2)18(23-24)19(26)22-12-7-8-14(21)13(20)9-12/h3-10H,1-2H3,(H,22,26). The van der Waals surface area contributed by atoms with Crippen molar-refractivity contribution in [3.63, 3.8) is 0 Å². The van der Waals surface area contributed by atoms with E-state index in [0.717, 1.165) is 16.3 Å². The lowest BCUT2D eigenvalue weighted by molar-refractivity contribution is 0.101. The number of anilines is 1. The van der Waals surface area contributed by atoms with Crippen LogP contribution >= 0.6 is 11.6 Å². The highest BCUT2D eigenvalue weighted by Crippen LogP contribution is 2.21. The molecule has 3 aromatic rings. The fraction of sp³-hybridized carbons (Fsp3) is 0.105. The molecule has 0 aliphatic heterocycles. The predicted molar refractivity (Wildman–Crippen MR) is 100 cm³/mol. The Labute approximate surface area is 159 Å². The van der Waals surface area contributed by atoms with E-state index in [2.05, 4.69) is 10.4 Å². The molecular formula is C19H15ClFN3O3. The van der Waals surface area contributed by atoms with Gasteiger partial charge in [-0.15, -0.1) is 0 Å². The predicted octanol–water partition coefficient (Wildman–Crippen LogP) is 3.59. The Morgan fingerprint density at radius 1 is 1.22 bits per heavy atom. The molecule has 0 aliphatic rings. The fourth-order valence-electron chi connectivity index (χ4n) is 2.49. The Bertz CT molecular complexity index is 1080. The molecule has 2 aromatic carbocycles. The summed E-state index contributed by atoms with van der Waals surface area (Å²) in [5.41, 5.74) is 1.10. The molecule has 0 saturated carbocycles. The van der Waals surface area contributed by atoms with E-state index in [1.165, 1.54) is 25.3 Å². The van der Waals surface area contributed by atoms with Crippen LogP contribution in [0.25, 0.3) is 5.69 Å². The SMILES string of the molecule is COc1cc(=O)n(-c2ccccc2C)nc1C(=O)Nc1ccc(F)c(Cl)c1. The molecule has 3 rings (SSSR count). The molecule has 0 saturated heterocycles. The molecule has 0 radical (unpaired) electrons. The van der Waals surface area contributed by atoms with Crippen LogP contribution < -0.4 is 15.6 Å². The second-order valence-corrected chi connectivity index (χ2v) is 6.09. The van der Waals surface area contributed by atoms with E-state index in [1.807, 2.05) is 19.1 Å². The highest BCUT2D eigenvalue weighted by atomic mass is 35.5. The normalized spacial score (nSPS) is 10.5. The summed E-state index contributed by atoms with van der Waals surface area (Å²) < 4.78 is 19.5. The van der Waals surface area contributed by atoms with Gasteiger partial charge in [0.25, 0.3) is 11.5 Å². The van der Waals surface area contributed by atoms with E-state index in [9.17, 15) is 14.0 Å². The highest BCUT2D eigenvalue weighted by molar-refractivity contribution is 6.31. The van der Waals surface area contributed by atoms with Crippen LogP contribution in [-0.4, -0.2) is 22.8 Å². The number of aromatic nitrogens is 2. The molecule has 6 nitrogen and oxygen atoms in total. The molecule has 8 heteroatoms. The van der Waals surface area contributed by atoms with Crippen LogP contribution in [-0.2, 0) is 0 Å². The van der Waals surface area contributed by atoms with Crippen molar-refractivity contribution in [1.82, 2.24) is 9.78 Å². The summed E-state index contributed by atoms with van der Waals surface area (Å²) in [7, 11) is 1.33. The molecule has 27 heavy (non-hydrogen) atoms. The molecule has 0 spiro atoms. The van der Waals surface area contributed by atoms with Crippen LogP contribution in [0.4, 0.5) is 10.1 Å². The number of halogens is 2. The zero-order valence-electron chi connectivity index (χ0n) is 14.5. The van der Waals surface area contributed by atoms with Gasteiger partial charge in [-0.1, -0.05) is 29.8 Å². The first-order chi connectivity index (χ1) is 12.9. The number of carbonyl (C=O) groups is 1. The van der Waals surface area contributed by atoms with Gasteiger partial charge >= 0.3 is 0 Å². The van der Waals surface area contributed by atoms with E-state index in [0.29, 0.717) is 5.69 Å². The number of hydrogen-bond acceptors (Lipinski definition) is 4. The van der Waals surface area contributed by atoms with Crippen molar-refractivity contribution in [2.75, 3.05) is 12.4 Å². The third kappa shape index (κ3) is 3.83. The molecule has 1 heterocycles. The van der Waals surface area contributed by atoms with Gasteiger partial charge < -0.3 is 10.1 Å². The molecule has 0 fully saturated rings. The number of nitrogens with one attached hydrogen (secondary N) is 1. The van der Waals surface area contributed by atoms with Crippen molar-refractivity contribution in [3.05, 3.63) is 81.0 Å². The van der Waals surface area contributed by atoms with Crippen LogP contribution in [0, 0.1) is 12.7 Å². The minimum Gasteiger partial charge on any atom is -0.494 e. The van der Waals surface area contributed by atoms with Crippen LogP contribution in [0.3, 0.4) is 0 Å². The van der Waals surface area contributed by atoms with E-state index in [-0.39, 0.29) is 22.2 Å². The summed E-state index contributed by atoms with van der Waals surface area (Å²) in [6, 6.07) is 12.1. The number of benzene rings is 2. The lowest BCUT2D eigenvalue weighted by Gasteiger charge is -2.13. The van der Waals surface area contributed by atoms with Gasteiger partial charge in [0.2, 0.25) is 0 Å². The van der Waals surface area contributed by atoms with Crippen LogP contribution in [0.2, 0.25) is 5.02 Å².